The highest BCUT2D eigenvalue weighted by Gasteiger charge is 2.35. The molecule has 1 aromatic heterocycles. The Labute approximate surface area is 212 Å². The fourth-order valence-electron chi connectivity index (χ4n) is 4.65. The van der Waals surface area contributed by atoms with Gasteiger partial charge in [0.05, 0.1) is 35.2 Å². The number of carbonyl (C=O) groups excluding carboxylic acids is 2. The van der Waals surface area contributed by atoms with Crippen molar-refractivity contribution in [3.05, 3.63) is 103 Å². The molecule has 2 aliphatic heterocycles. The number of aromatic nitrogens is 1. The van der Waals surface area contributed by atoms with Gasteiger partial charge < -0.3 is 9.64 Å². The fraction of sp³-hybridized carbons (Fsp3) is 0.214. The Bertz CT molecular complexity index is 1610. The molecule has 2 aliphatic rings. The quantitative estimate of drug-likeness (QED) is 0.505. The number of hydrogen-bond acceptors (Lipinski definition) is 6. The van der Waals surface area contributed by atoms with E-state index >= 15 is 0 Å². The Balaban J connectivity index is 1.76. The van der Waals surface area contributed by atoms with Gasteiger partial charge in [-0.1, -0.05) is 72.0 Å². The molecular weight excluding hydrogens is 474 g/mol. The zero-order valence-corrected chi connectivity index (χ0v) is 21.0. The fourth-order valence-corrected chi connectivity index (χ4v) is 5.79. The number of para-hydroxylation sites is 1. The predicted octanol–water partition coefficient (Wildman–Crippen LogP) is 3.20. The maximum Gasteiger partial charge on any atom is 0.338 e. The number of fused-ring (bicyclic) bond motifs is 2. The molecule has 3 heterocycles. The topological polar surface area (TPSA) is 81.0 Å². The Hall–Kier alpha value is -4.04. The summed E-state index contributed by atoms with van der Waals surface area (Å²) in [4.78, 5) is 47.0. The van der Waals surface area contributed by atoms with E-state index in [1.165, 1.54) is 15.9 Å². The second kappa shape index (κ2) is 9.54. The van der Waals surface area contributed by atoms with Crippen LogP contribution in [0.1, 0.15) is 37.9 Å². The molecule has 7 nitrogen and oxygen atoms in total. The highest BCUT2D eigenvalue weighted by atomic mass is 32.1. The van der Waals surface area contributed by atoms with Gasteiger partial charge in [-0.3, -0.25) is 14.2 Å². The number of likely N-dealkylation sites (N-methyl/N-ethyl adjacent to an activating group) is 1. The highest BCUT2D eigenvalue weighted by molar-refractivity contribution is 7.07. The first-order valence-electron chi connectivity index (χ1n) is 11.8. The number of benzene rings is 2. The van der Waals surface area contributed by atoms with E-state index in [0.717, 1.165) is 16.8 Å². The average Bonchev–Trinajstić information content (AvgIpc) is 3.34. The van der Waals surface area contributed by atoms with Gasteiger partial charge in [-0.25, -0.2) is 9.79 Å². The van der Waals surface area contributed by atoms with Gasteiger partial charge in [0.25, 0.3) is 11.5 Å². The monoisotopic (exact) mass is 499 g/mol. The largest absolute Gasteiger partial charge is 0.463 e. The van der Waals surface area contributed by atoms with E-state index in [9.17, 15) is 14.4 Å². The standard InChI is InChI=1S/C28H25N3O4S/c1-4-30-20-14-10-9-13-19(20)23(25(30)32)24-26(33)31-21(16-15-18-11-7-6-8-12-18)22(27(34)35-5-2)17(3)29-28(31)36-24/h6-16,21H,4-5H2,1-3H3/b16-15-,24-23?/t21-/m1/s1. The van der Waals surface area contributed by atoms with Crippen LogP contribution in [0, 0.1) is 0 Å². The molecule has 5 rings (SSSR count). The highest BCUT2D eigenvalue weighted by Crippen LogP contribution is 2.35. The molecule has 1 amide bonds. The first-order chi connectivity index (χ1) is 17.5. The number of carbonyl (C=O) groups is 2. The normalized spacial score (nSPS) is 18.4. The lowest BCUT2D eigenvalue weighted by atomic mass is 10.0. The molecule has 0 aliphatic carbocycles. The van der Waals surface area contributed by atoms with Gasteiger partial charge in [0, 0.05) is 12.1 Å². The van der Waals surface area contributed by atoms with Crippen molar-refractivity contribution in [3.8, 4) is 0 Å². The first kappa shape index (κ1) is 23.7. The minimum Gasteiger partial charge on any atom is -0.463 e. The van der Waals surface area contributed by atoms with E-state index in [1.54, 1.807) is 18.7 Å². The number of hydrogen-bond donors (Lipinski definition) is 0. The molecule has 0 N–H and O–H groups in total. The van der Waals surface area contributed by atoms with E-state index in [-0.39, 0.29) is 18.1 Å². The molecule has 36 heavy (non-hydrogen) atoms. The van der Waals surface area contributed by atoms with Crippen molar-refractivity contribution in [1.82, 2.24) is 4.57 Å². The molecule has 0 unspecified atom stereocenters. The number of nitrogens with zero attached hydrogens (tertiary/aromatic N) is 3. The van der Waals surface area contributed by atoms with Crippen LogP contribution in [0.15, 0.2) is 81.7 Å². The van der Waals surface area contributed by atoms with Crippen molar-refractivity contribution < 1.29 is 14.3 Å². The van der Waals surface area contributed by atoms with Gasteiger partial charge in [-0.2, -0.15) is 0 Å². The number of amides is 1. The van der Waals surface area contributed by atoms with Crippen LogP contribution in [-0.2, 0) is 14.3 Å². The molecule has 0 bridgehead atoms. The minimum atomic E-state index is -0.719. The Morgan fingerprint density at radius 3 is 2.53 bits per heavy atom. The molecular formula is C28H25N3O4S. The number of allylic oxidation sites excluding steroid dienone is 2. The molecule has 0 saturated heterocycles. The summed E-state index contributed by atoms with van der Waals surface area (Å²) in [5, 5.41) is 0. The lowest BCUT2D eigenvalue weighted by molar-refractivity contribution is -0.139. The number of esters is 1. The summed E-state index contributed by atoms with van der Waals surface area (Å²) in [5.41, 5.74) is 3.26. The first-order valence-corrected chi connectivity index (χ1v) is 12.6. The number of rotatable bonds is 5. The summed E-state index contributed by atoms with van der Waals surface area (Å²) in [6.45, 7) is 6.08. The zero-order valence-electron chi connectivity index (χ0n) is 20.2. The van der Waals surface area contributed by atoms with Crippen LogP contribution in [0.2, 0.25) is 0 Å². The second-order valence-corrected chi connectivity index (χ2v) is 9.35. The van der Waals surface area contributed by atoms with Gasteiger partial charge in [0.1, 0.15) is 4.53 Å². The van der Waals surface area contributed by atoms with Crippen molar-refractivity contribution >= 4 is 40.5 Å². The summed E-state index contributed by atoms with van der Waals surface area (Å²) >= 11 is 1.17. The number of thiazole rings is 1. The van der Waals surface area contributed by atoms with Crippen molar-refractivity contribution in [2.24, 2.45) is 4.99 Å². The van der Waals surface area contributed by atoms with Gasteiger partial charge in [-0.15, -0.1) is 0 Å². The third kappa shape index (κ3) is 3.83. The summed E-state index contributed by atoms with van der Waals surface area (Å²) < 4.78 is 7.13. The van der Waals surface area contributed by atoms with Crippen LogP contribution < -0.4 is 19.8 Å². The maximum absolute atomic E-state index is 13.9. The number of ether oxygens (including phenoxy) is 1. The molecule has 182 valence electrons. The molecule has 0 radical (unpaired) electrons. The Morgan fingerprint density at radius 2 is 1.81 bits per heavy atom. The summed E-state index contributed by atoms with van der Waals surface area (Å²) in [6.07, 6.45) is 3.69. The second-order valence-electron chi connectivity index (χ2n) is 8.38. The molecule has 2 aromatic carbocycles. The van der Waals surface area contributed by atoms with Gasteiger partial charge in [0.15, 0.2) is 4.80 Å². The minimum absolute atomic E-state index is 0.206. The van der Waals surface area contributed by atoms with Crippen molar-refractivity contribution in [2.45, 2.75) is 26.8 Å². The molecule has 8 heteroatoms. The van der Waals surface area contributed by atoms with Crippen LogP contribution in [0.3, 0.4) is 0 Å². The van der Waals surface area contributed by atoms with E-state index < -0.39 is 12.0 Å². The van der Waals surface area contributed by atoms with E-state index in [0.29, 0.717) is 32.7 Å². The van der Waals surface area contributed by atoms with Crippen LogP contribution in [-0.4, -0.2) is 29.6 Å². The van der Waals surface area contributed by atoms with E-state index in [2.05, 4.69) is 4.99 Å². The van der Waals surface area contributed by atoms with Crippen LogP contribution in [0.25, 0.3) is 11.6 Å². The van der Waals surface area contributed by atoms with Gasteiger partial charge >= 0.3 is 5.97 Å². The summed E-state index contributed by atoms with van der Waals surface area (Å²) in [6, 6.07) is 16.4. The summed E-state index contributed by atoms with van der Waals surface area (Å²) in [5.74, 6) is -0.722. The molecule has 0 spiro atoms. The van der Waals surface area contributed by atoms with E-state index in [4.69, 9.17) is 4.74 Å². The third-order valence-corrected chi connectivity index (χ3v) is 7.33. The lowest BCUT2D eigenvalue weighted by Gasteiger charge is -2.21. The molecule has 0 saturated carbocycles. The zero-order chi connectivity index (χ0) is 25.4. The molecule has 0 fully saturated rings. The van der Waals surface area contributed by atoms with Crippen LogP contribution >= 0.6 is 11.3 Å². The smallest absolute Gasteiger partial charge is 0.338 e. The predicted molar refractivity (Wildman–Crippen MR) is 140 cm³/mol. The van der Waals surface area contributed by atoms with Crippen molar-refractivity contribution in [2.75, 3.05) is 18.1 Å². The average molecular weight is 500 g/mol. The van der Waals surface area contributed by atoms with Gasteiger partial charge in [0.2, 0.25) is 0 Å². The number of anilines is 1. The van der Waals surface area contributed by atoms with Crippen LogP contribution in [0.4, 0.5) is 5.69 Å². The lowest BCUT2D eigenvalue weighted by Crippen LogP contribution is -2.40. The molecule has 1 atom stereocenters. The third-order valence-electron chi connectivity index (χ3n) is 6.27. The SMILES string of the molecule is CCOC(=O)C1=C(C)N=c2sc(=C3C(=O)N(CC)c4ccccc43)c(=O)n2[C@@H]1/C=C\c1ccccc1. The van der Waals surface area contributed by atoms with Crippen LogP contribution in [0.5, 0.6) is 0 Å². The van der Waals surface area contributed by atoms with Gasteiger partial charge in [-0.05, 0) is 32.4 Å². The summed E-state index contributed by atoms with van der Waals surface area (Å²) in [7, 11) is 0. The Morgan fingerprint density at radius 1 is 1.08 bits per heavy atom. The van der Waals surface area contributed by atoms with Crippen molar-refractivity contribution in [1.29, 1.82) is 0 Å². The van der Waals surface area contributed by atoms with E-state index in [1.807, 2.05) is 73.7 Å². The van der Waals surface area contributed by atoms with Crippen molar-refractivity contribution in [3.63, 3.8) is 0 Å². The molecule has 3 aromatic rings. The Kier molecular flexibility index (Phi) is 6.28. The maximum atomic E-state index is 13.9.